The Balaban J connectivity index is 2.75. The highest BCUT2D eigenvalue weighted by Gasteiger charge is 2.00. The summed E-state index contributed by atoms with van der Waals surface area (Å²) in [6.45, 7) is 3.84. The first kappa shape index (κ1) is 10.6. The van der Waals surface area contributed by atoms with Crippen LogP contribution in [0.5, 0.6) is 0 Å². The molecular formula is C12H15NO. The van der Waals surface area contributed by atoms with Crippen molar-refractivity contribution in [2.45, 2.75) is 26.7 Å². The number of amides is 1. The van der Waals surface area contributed by atoms with Gasteiger partial charge in [0.15, 0.2) is 0 Å². The first-order valence-electron chi connectivity index (χ1n) is 4.87. The van der Waals surface area contributed by atoms with Crippen LogP contribution in [0.2, 0.25) is 0 Å². The van der Waals surface area contributed by atoms with Crippen LogP contribution in [0.3, 0.4) is 0 Å². The summed E-state index contributed by atoms with van der Waals surface area (Å²) in [6, 6.07) is 9.75. The average molecular weight is 189 g/mol. The van der Waals surface area contributed by atoms with Gasteiger partial charge in [-0.15, -0.1) is 0 Å². The van der Waals surface area contributed by atoms with Crippen LogP contribution in [0.25, 0.3) is 0 Å². The van der Waals surface area contributed by atoms with Crippen molar-refractivity contribution >= 4 is 11.6 Å². The lowest BCUT2D eigenvalue weighted by molar-refractivity contribution is -0.117. The standard InChI is InChI=1S/C12H15NO/c1-3-7-12(14)13-10(2)11-8-5-4-6-9-11/h4-6,8-9H,3,7H2,1-2H3/b13-10+. The zero-order valence-electron chi connectivity index (χ0n) is 8.66. The van der Waals surface area contributed by atoms with E-state index in [2.05, 4.69) is 4.99 Å². The molecule has 0 saturated carbocycles. The molecule has 74 valence electrons. The van der Waals surface area contributed by atoms with Gasteiger partial charge in [0.05, 0.1) is 0 Å². The molecule has 0 spiro atoms. The van der Waals surface area contributed by atoms with Crippen LogP contribution in [0.4, 0.5) is 0 Å². The summed E-state index contributed by atoms with van der Waals surface area (Å²) in [5, 5.41) is 0. The maximum atomic E-state index is 11.2. The molecule has 0 fully saturated rings. The molecule has 0 radical (unpaired) electrons. The molecule has 0 bridgehead atoms. The third-order valence-electron chi connectivity index (χ3n) is 1.95. The van der Waals surface area contributed by atoms with Gasteiger partial charge in [0, 0.05) is 12.1 Å². The van der Waals surface area contributed by atoms with E-state index in [-0.39, 0.29) is 5.91 Å². The SMILES string of the molecule is CCCC(=O)/N=C(\C)c1ccccc1. The summed E-state index contributed by atoms with van der Waals surface area (Å²) in [7, 11) is 0. The Morgan fingerprint density at radius 2 is 1.93 bits per heavy atom. The molecule has 1 aromatic rings. The third-order valence-corrected chi connectivity index (χ3v) is 1.95. The molecule has 0 atom stereocenters. The molecule has 2 heteroatoms. The molecule has 0 aliphatic carbocycles. The van der Waals surface area contributed by atoms with Crippen molar-refractivity contribution in [1.82, 2.24) is 0 Å². The Morgan fingerprint density at radius 1 is 1.29 bits per heavy atom. The van der Waals surface area contributed by atoms with Gasteiger partial charge in [0.2, 0.25) is 5.91 Å². The van der Waals surface area contributed by atoms with Crippen molar-refractivity contribution in [3.8, 4) is 0 Å². The molecule has 1 amide bonds. The highest BCUT2D eigenvalue weighted by Crippen LogP contribution is 2.02. The lowest BCUT2D eigenvalue weighted by Gasteiger charge is -1.98. The Hall–Kier alpha value is -1.44. The fraction of sp³-hybridized carbons (Fsp3) is 0.333. The number of aliphatic imine (C=N–C) groups is 1. The summed E-state index contributed by atoms with van der Waals surface area (Å²) in [5.41, 5.74) is 1.81. The predicted octanol–water partition coefficient (Wildman–Crippen LogP) is 2.82. The Kier molecular flexibility index (Phi) is 4.05. The van der Waals surface area contributed by atoms with Crippen LogP contribution in [0.15, 0.2) is 35.3 Å². The number of hydrogen-bond acceptors (Lipinski definition) is 1. The second-order valence-corrected chi connectivity index (χ2v) is 3.21. The van der Waals surface area contributed by atoms with Crippen molar-refractivity contribution in [3.63, 3.8) is 0 Å². The Bertz CT molecular complexity index is 327. The predicted molar refractivity (Wildman–Crippen MR) is 58.6 cm³/mol. The van der Waals surface area contributed by atoms with E-state index in [1.807, 2.05) is 44.2 Å². The average Bonchev–Trinajstić information content (AvgIpc) is 2.19. The molecule has 14 heavy (non-hydrogen) atoms. The Labute approximate surface area is 84.7 Å². The molecule has 0 heterocycles. The van der Waals surface area contributed by atoms with Crippen LogP contribution >= 0.6 is 0 Å². The van der Waals surface area contributed by atoms with Gasteiger partial charge in [0.25, 0.3) is 0 Å². The van der Waals surface area contributed by atoms with Gasteiger partial charge in [-0.1, -0.05) is 37.3 Å². The van der Waals surface area contributed by atoms with E-state index in [4.69, 9.17) is 0 Å². The van der Waals surface area contributed by atoms with Crippen LogP contribution in [0, 0.1) is 0 Å². The van der Waals surface area contributed by atoms with Crippen molar-refractivity contribution in [2.24, 2.45) is 4.99 Å². The van der Waals surface area contributed by atoms with Gasteiger partial charge in [-0.05, 0) is 18.9 Å². The lowest BCUT2D eigenvalue weighted by atomic mass is 10.1. The van der Waals surface area contributed by atoms with Gasteiger partial charge < -0.3 is 0 Å². The number of nitrogens with zero attached hydrogens (tertiary/aromatic N) is 1. The van der Waals surface area contributed by atoms with E-state index in [9.17, 15) is 4.79 Å². The number of hydrogen-bond donors (Lipinski definition) is 0. The smallest absolute Gasteiger partial charge is 0.245 e. The van der Waals surface area contributed by atoms with Crippen LogP contribution < -0.4 is 0 Å². The van der Waals surface area contributed by atoms with Crippen molar-refractivity contribution < 1.29 is 4.79 Å². The van der Waals surface area contributed by atoms with Gasteiger partial charge >= 0.3 is 0 Å². The molecular weight excluding hydrogens is 174 g/mol. The van der Waals surface area contributed by atoms with Crippen molar-refractivity contribution in [1.29, 1.82) is 0 Å². The number of carbonyl (C=O) groups is 1. The minimum atomic E-state index is -0.0335. The van der Waals surface area contributed by atoms with E-state index < -0.39 is 0 Å². The second-order valence-electron chi connectivity index (χ2n) is 3.21. The van der Waals surface area contributed by atoms with Crippen molar-refractivity contribution in [3.05, 3.63) is 35.9 Å². The molecule has 0 N–H and O–H groups in total. The Morgan fingerprint density at radius 3 is 2.50 bits per heavy atom. The minimum absolute atomic E-state index is 0.0335. The zero-order valence-corrected chi connectivity index (χ0v) is 8.66. The maximum absolute atomic E-state index is 11.2. The van der Waals surface area contributed by atoms with Crippen LogP contribution in [-0.2, 0) is 4.79 Å². The molecule has 0 aliphatic heterocycles. The largest absolute Gasteiger partial charge is 0.273 e. The molecule has 0 aromatic heterocycles. The zero-order chi connectivity index (χ0) is 10.4. The fourth-order valence-corrected chi connectivity index (χ4v) is 1.20. The first-order valence-corrected chi connectivity index (χ1v) is 4.87. The first-order chi connectivity index (χ1) is 6.74. The summed E-state index contributed by atoms with van der Waals surface area (Å²) >= 11 is 0. The highest BCUT2D eigenvalue weighted by molar-refractivity contribution is 6.04. The van der Waals surface area contributed by atoms with Crippen molar-refractivity contribution in [2.75, 3.05) is 0 Å². The van der Waals surface area contributed by atoms with E-state index in [0.29, 0.717) is 6.42 Å². The topological polar surface area (TPSA) is 29.4 Å². The summed E-state index contributed by atoms with van der Waals surface area (Å²) in [6.07, 6.45) is 1.38. The van der Waals surface area contributed by atoms with E-state index in [0.717, 1.165) is 17.7 Å². The van der Waals surface area contributed by atoms with E-state index >= 15 is 0 Å². The summed E-state index contributed by atoms with van der Waals surface area (Å²) < 4.78 is 0. The number of carbonyl (C=O) groups excluding carboxylic acids is 1. The highest BCUT2D eigenvalue weighted by atomic mass is 16.1. The third kappa shape index (κ3) is 3.13. The quantitative estimate of drug-likeness (QED) is 0.672. The van der Waals surface area contributed by atoms with Gasteiger partial charge in [-0.2, -0.15) is 0 Å². The normalized spacial score (nSPS) is 11.4. The van der Waals surface area contributed by atoms with Gasteiger partial charge in [-0.3, -0.25) is 4.79 Å². The number of rotatable bonds is 3. The monoisotopic (exact) mass is 189 g/mol. The summed E-state index contributed by atoms with van der Waals surface area (Å²) in [5.74, 6) is -0.0335. The summed E-state index contributed by atoms with van der Waals surface area (Å²) in [4.78, 5) is 15.3. The van der Waals surface area contributed by atoms with Gasteiger partial charge in [-0.25, -0.2) is 4.99 Å². The van der Waals surface area contributed by atoms with Gasteiger partial charge in [0.1, 0.15) is 0 Å². The van der Waals surface area contributed by atoms with E-state index in [1.165, 1.54) is 0 Å². The fourth-order valence-electron chi connectivity index (χ4n) is 1.20. The van der Waals surface area contributed by atoms with Crippen LogP contribution in [-0.4, -0.2) is 11.6 Å². The molecule has 1 rings (SSSR count). The number of benzene rings is 1. The second kappa shape index (κ2) is 5.32. The molecule has 1 aromatic carbocycles. The molecule has 0 unspecified atom stereocenters. The van der Waals surface area contributed by atoms with Crippen LogP contribution in [0.1, 0.15) is 32.3 Å². The molecule has 0 aliphatic rings. The van der Waals surface area contributed by atoms with E-state index in [1.54, 1.807) is 0 Å². The minimum Gasteiger partial charge on any atom is -0.273 e. The molecule has 0 saturated heterocycles. The maximum Gasteiger partial charge on any atom is 0.245 e. The molecule has 2 nitrogen and oxygen atoms in total. The lowest BCUT2D eigenvalue weighted by Crippen LogP contribution is -2.00.